The van der Waals surface area contributed by atoms with E-state index in [2.05, 4.69) is 9.97 Å². The molecule has 0 bridgehead atoms. The van der Waals surface area contributed by atoms with Crippen molar-refractivity contribution in [2.45, 2.75) is 19.8 Å². The minimum atomic E-state index is 0.200. The normalized spacial score (nSPS) is 11.4. The highest BCUT2D eigenvalue weighted by Gasteiger charge is 2.12. The van der Waals surface area contributed by atoms with Crippen LogP contribution in [0.4, 0.5) is 0 Å². The molecule has 20 heavy (non-hydrogen) atoms. The van der Waals surface area contributed by atoms with Gasteiger partial charge in [0.1, 0.15) is 22.3 Å². The van der Waals surface area contributed by atoms with Crippen LogP contribution in [0, 0.1) is 0 Å². The van der Waals surface area contributed by atoms with Gasteiger partial charge in [-0.05, 0) is 24.3 Å². The van der Waals surface area contributed by atoms with E-state index in [1.165, 1.54) is 0 Å². The Morgan fingerprint density at radius 2 is 1.85 bits per heavy atom. The summed E-state index contributed by atoms with van der Waals surface area (Å²) in [6.45, 7) is 4.04. The van der Waals surface area contributed by atoms with E-state index in [4.69, 9.17) is 27.6 Å². The molecule has 0 unspecified atom stereocenters. The molecule has 3 nitrogen and oxygen atoms in total. The second-order valence-corrected chi connectivity index (χ2v) is 5.71. The summed E-state index contributed by atoms with van der Waals surface area (Å²) in [6.07, 6.45) is 0. The first-order valence-corrected chi connectivity index (χ1v) is 7.02. The summed E-state index contributed by atoms with van der Waals surface area (Å²) in [5, 5.41) is 2.03. The molecular formula is C15H12Cl2N2O. The Bertz CT molecular complexity index is 781. The van der Waals surface area contributed by atoms with Crippen LogP contribution in [-0.2, 0) is 0 Å². The lowest BCUT2D eigenvalue weighted by molar-refractivity contribution is 0.626. The lowest BCUT2D eigenvalue weighted by atomic mass is 10.2. The van der Waals surface area contributed by atoms with Gasteiger partial charge in [0.15, 0.2) is 5.76 Å². The van der Waals surface area contributed by atoms with Crippen LogP contribution in [0.3, 0.4) is 0 Å². The van der Waals surface area contributed by atoms with Crippen LogP contribution in [0.15, 0.2) is 34.7 Å². The van der Waals surface area contributed by atoms with Gasteiger partial charge in [-0.2, -0.15) is 0 Å². The summed E-state index contributed by atoms with van der Waals surface area (Å²) in [7, 11) is 0. The zero-order valence-corrected chi connectivity index (χ0v) is 12.5. The van der Waals surface area contributed by atoms with Crippen molar-refractivity contribution in [1.82, 2.24) is 9.97 Å². The van der Waals surface area contributed by atoms with Gasteiger partial charge in [-0.1, -0.05) is 37.0 Å². The van der Waals surface area contributed by atoms with Crippen LogP contribution in [0.25, 0.3) is 22.4 Å². The third kappa shape index (κ3) is 2.51. The summed E-state index contributed by atoms with van der Waals surface area (Å²) < 4.78 is 5.79. The Kier molecular flexibility index (Phi) is 3.40. The van der Waals surface area contributed by atoms with Gasteiger partial charge >= 0.3 is 0 Å². The number of furan rings is 1. The summed E-state index contributed by atoms with van der Waals surface area (Å²) in [4.78, 5) is 8.72. The highest BCUT2D eigenvalue weighted by atomic mass is 35.5. The molecule has 102 valence electrons. The van der Waals surface area contributed by atoms with Crippen molar-refractivity contribution >= 4 is 34.2 Å². The molecule has 2 aromatic heterocycles. The molecule has 0 amide bonds. The maximum Gasteiger partial charge on any atom is 0.153 e. The van der Waals surface area contributed by atoms with Crippen LogP contribution in [-0.4, -0.2) is 9.97 Å². The van der Waals surface area contributed by atoms with Gasteiger partial charge in [0.05, 0.1) is 0 Å². The number of hydrogen-bond donors (Lipinski definition) is 0. The third-order valence-corrected chi connectivity index (χ3v) is 3.39. The molecule has 1 aromatic carbocycles. The van der Waals surface area contributed by atoms with E-state index in [0.29, 0.717) is 27.5 Å². The van der Waals surface area contributed by atoms with Gasteiger partial charge in [0, 0.05) is 22.4 Å². The number of benzene rings is 1. The molecule has 0 aliphatic carbocycles. The predicted molar refractivity (Wildman–Crippen MR) is 81.3 cm³/mol. The highest BCUT2D eigenvalue weighted by molar-refractivity contribution is 6.31. The average molecular weight is 307 g/mol. The van der Waals surface area contributed by atoms with Gasteiger partial charge in [0.25, 0.3) is 0 Å². The number of fused-ring (bicyclic) bond motifs is 1. The molecular weight excluding hydrogens is 295 g/mol. The van der Waals surface area contributed by atoms with Crippen molar-refractivity contribution in [3.05, 3.63) is 46.3 Å². The molecule has 2 heterocycles. The van der Waals surface area contributed by atoms with E-state index in [-0.39, 0.29) is 5.92 Å². The van der Waals surface area contributed by atoms with Crippen molar-refractivity contribution in [1.29, 1.82) is 0 Å². The van der Waals surface area contributed by atoms with E-state index < -0.39 is 0 Å². The molecule has 5 heteroatoms. The molecule has 0 aliphatic rings. The summed E-state index contributed by atoms with van der Waals surface area (Å²) in [5.41, 5.74) is 1.45. The second kappa shape index (κ2) is 5.08. The summed E-state index contributed by atoms with van der Waals surface area (Å²) in [5.74, 6) is 1.56. The van der Waals surface area contributed by atoms with Crippen molar-refractivity contribution in [2.24, 2.45) is 0 Å². The first-order chi connectivity index (χ1) is 9.52. The van der Waals surface area contributed by atoms with Crippen molar-refractivity contribution < 1.29 is 4.42 Å². The fraction of sp³-hybridized carbons (Fsp3) is 0.200. The topological polar surface area (TPSA) is 38.9 Å². The summed E-state index contributed by atoms with van der Waals surface area (Å²) >= 11 is 12.0. The molecule has 0 radical (unpaired) electrons. The van der Waals surface area contributed by atoms with E-state index in [0.717, 1.165) is 11.0 Å². The quantitative estimate of drug-likeness (QED) is 0.601. The number of hydrogen-bond acceptors (Lipinski definition) is 3. The van der Waals surface area contributed by atoms with Crippen LogP contribution < -0.4 is 0 Å². The standard InChI is InChI=1S/C15H12Cl2N2O/c1-8(2)15-18-11(7-14(17)19-15)13-6-9-5-10(16)3-4-12(9)20-13/h3-8H,1-2H3. The molecule has 0 spiro atoms. The van der Waals surface area contributed by atoms with Gasteiger partial charge in [-0.25, -0.2) is 9.97 Å². The SMILES string of the molecule is CC(C)c1nc(Cl)cc(-c2cc3cc(Cl)ccc3o2)n1. The highest BCUT2D eigenvalue weighted by Crippen LogP contribution is 2.30. The van der Waals surface area contributed by atoms with Crippen LogP contribution >= 0.6 is 23.2 Å². The molecule has 3 rings (SSSR count). The van der Waals surface area contributed by atoms with E-state index in [1.54, 1.807) is 12.1 Å². The number of rotatable bonds is 2. The predicted octanol–water partition coefficient (Wildman–Crippen LogP) is 5.32. The Hall–Kier alpha value is -1.58. The van der Waals surface area contributed by atoms with E-state index in [9.17, 15) is 0 Å². The maximum atomic E-state index is 6.05. The monoisotopic (exact) mass is 306 g/mol. The number of nitrogens with zero attached hydrogens (tertiary/aromatic N) is 2. The Morgan fingerprint density at radius 3 is 2.60 bits per heavy atom. The maximum absolute atomic E-state index is 6.05. The number of halogens is 2. The Labute approximate surface area is 126 Å². The minimum Gasteiger partial charge on any atom is -0.454 e. The fourth-order valence-electron chi connectivity index (χ4n) is 1.96. The average Bonchev–Trinajstić information content (AvgIpc) is 2.80. The molecule has 0 saturated heterocycles. The first-order valence-electron chi connectivity index (χ1n) is 6.27. The Morgan fingerprint density at radius 1 is 1.05 bits per heavy atom. The largest absolute Gasteiger partial charge is 0.454 e. The van der Waals surface area contributed by atoms with Gasteiger partial charge in [0.2, 0.25) is 0 Å². The van der Waals surface area contributed by atoms with Crippen LogP contribution in [0.5, 0.6) is 0 Å². The smallest absolute Gasteiger partial charge is 0.153 e. The van der Waals surface area contributed by atoms with Crippen molar-refractivity contribution in [2.75, 3.05) is 0 Å². The number of aromatic nitrogens is 2. The van der Waals surface area contributed by atoms with Crippen molar-refractivity contribution in [3.8, 4) is 11.5 Å². The zero-order chi connectivity index (χ0) is 14.3. The first kappa shape index (κ1) is 13.4. The molecule has 0 N–H and O–H groups in total. The van der Waals surface area contributed by atoms with E-state index in [1.807, 2.05) is 32.0 Å². The minimum absolute atomic E-state index is 0.200. The molecule has 3 aromatic rings. The summed E-state index contributed by atoms with van der Waals surface area (Å²) in [6, 6.07) is 9.10. The fourth-order valence-corrected chi connectivity index (χ4v) is 2.33. The molecule has 0 aliphatic heterocycles. The third-order valence-electron chi connectivity index (χ3n) is 2.96. The van der Waals surface area contributed by atoms with Gasteiger partial charge < -0.3 is 4.42 Å². The molecule has 0 atom stereocenters. The second-order valence-electron chi connectivity index (χ2n) is 4.88. The van der Waals surface area contributed by atoms with Gasteiger partial charge in [-0.15, -0.1) is 0 Å². The Balaban J connectivity index is 2.15. The van der Waals surface area contributed by atoms with Crippen molar-refractivity contribution in [3.63, 3.8) is 0 Å². The molecule has 0 fully saturated rings. The van der Waals surface area contributed by atoms with Crippen LogP contribution in [0.1, 0.15) is 25.6 Å². The van der Waals surface area contributed by atoms with Gasteiger partial charge in [-0.3, -0.25) is 0 Å². The lowest BCUT2D eigenvalue weighted by Gasteiger charge is -2.05. The molecule has 0 saturated carbocycles. The van der Waals surface area contributed by atoms with E-state index >= 15 is 0 Å². The van der Waals surface area contributed by atoms with Crippen LogP contribution in [0.2, 0.25) is 10.2 Å². The zero-order valence-electron chi connectivity index (χ0n) is 11.0. The lowest BCUT2D eigenvalue weighted by Crippen LogP contribution is -1.98.